The van der Waals surface area contributed by atoms with Gasteiger partial charge >= 0.3 is 5.69 Å². The number of aromatic nitrogens is 1. The molecule has 0 saturated carbocycles. The van der Waals surface area contributed by atoms with Gasteiger partial charge in [-0.2, -0.15) is 0 Å². The van der Waals surface area contributed by atoms with Gasteiger partial charge in [-0.05, 0) is 30.7 Å². The Bertz CT molecular complexity index is 686. The molecule has 1 aromatic carbocycles. The van der Waals surface area contributed by atoms with Gasteiger partial charge in [-0.3, -0.25) is 10.1 Å². The predicted octanol–water partition coefficient (Wildman–Crippen LogP) is 4.07. The van der Waals surface area contributed by atoms with Crippen LogP contribution in [0.5, 0.6) is 5.75 Å². The van der Waals surface area contributed by atoms with Crippen LogP contribution in [0.4, 0.5) is 5.69 Å². The Balaban J connectivity index is 2.37. The number of phenolic OH excluding ortho intramolecular Hbond substituents is 1. The zero-order valence-electron chi connectivity index (χ0n) is 10.1. The van der Waals surface area contributed by atoms with E-state index in [1.807, 2.05) is 0 Å². The van der Waals surface area contributed by atoms with Crippen LogP contribution in [-0.2, 0) is 0 Å². The lowest BCUT2D eigenvalue weighted by Crippen LogP contribution is -1.90. The van der Waals surface area contributed by atoms with E-state index < -0.39 is 4.92 Å². The van der Waals surface area contributed by atoms with Crippen molar-refractivity contribution in [3.63, 3.8) is 0 Å². The topological polar surface area (TPSA) is 89.4 Å². The Morgan fingerprint density at radius 3 is 2.50 bits per heavy atom. The summed E-state index contributed by atoms with van der Waals surface area (Å²) in [5.41, 5.74) is 0.551. The van der Waals surface area contributed by atoms with Gasteiger partial charge in [0.1, 0.15) is 0 Å². The highest BCUT2D eigenvalue weighted by Gasteiger charge is 2.21. The van der Waals surface area contributed by atoms with E-state index in [0.29, 0.717) is 5.56 Å². The molecule has 20 heavy (non-hydrogen) atoms. The Hall–Kier alpha value is -2.05. The standard InChI is InChI=1S/C12H8Cl2N2O4/c1-6-11(16(18)19)10(20-15-6)3-2-7-4-8(13)12(17)9(14)5-7/h2-5,17H,1H3/b3-2+. The van der Waals surface area contributed by atoms with Crippen molar-refractivity contribution in [2.45, 2.75) is 6.92 Å². The van der Waals surface area contributed by atoms with Gasteiger partial charge in [0.2, 0.25) is 5.76 Å². The van der Waals surface area contributed by atoms with Crippen LogP contribution in [0.1, 0.15) is 17.0 Å². The van der Waals surface area contributed by atoms with Crippen LogP contribution in [0.25, 0.3) is 12.2 Å². The summed E-state index contributed by atoms with van der Waals surface area (Å²) in [7, 11) is 0. The van der Waals surface area contributed by atoms with Crippen molar-refractivity contribution in [1.29, 1.82) is 0 Å². The first kappa shape index (κ1) is 14.4. The summed E-state index contributed by atoms with van der Waals surface area (Å²) < 4.78 is 4.87. The number of aromatic hydroxyl groups is 1. The van der Waals surface area contributed by atoms with Crippen molar-refractivity contribution in [2.24, 2.45) is 0 Å². The predicted molar refractivity (Wildman–Crippen MR) is 74.9 cm³/mol. The lowest BCUT2D eigenvalue weighted by Gasteiger charge is -2.01. The van der Waals surface area contributed by atoms with Crippen molar-refractivity contribution >= 4 is 41.0 Å². The van der Waals surface area contributed by atoms with Crippen LogP contribution in [0.3, 0.4) is 0 Å². The molecule has 1 aromatic heterocycles. The number of rotatable bonds is 3. The molecule has 0 aliphatic carbocycles. The third kappa shape index (κ3) is 2.76. The summed E-state index contributed by atoms with van der Waals surface area (Å²) in [4.78, 5) is 10.3. The molecule has 0 aliphatic rings. The molecule has 0 spiro atoms. The molecular weight excluding hydrogens is 307 g/mol. The van der Waals surface area contributed by atoms with E-state index in [4.69, 9.17) is 27.7 Å². The summed E-state index contributed by atoms with van der Waals surface area (Å²) in [5, 5.41) is 24.0. The third-order valence-electron chi connectivity index (χ3n) is 2.51. The maximum absolute atomic E-state index is 10.9. The van der Waals surface area contributed by atoms with Crippen LogP contribution in [-0.4, -0.2) is 15.2 Å². The van der Waals surface area contributed by atoms with E-state index >= 15 is 0 Å². The molecule has 0 saturated heterocycles. The van der Waals surface area contributed by atoms with E-state index in [1.165, 1.54) is 31.2 Å². The molecule has 8 heteroatoms. The first-order valence-electron chi connectivity index (χ1n) is 5.37. The van der Waals surface area contributed by atoms with Crippen molar-refractivity contribution in [3.05, 3.63) is 49.3 Å². The smallest absolute Gasteiger partial charge is 0.338 e. The van der Waals surface area contributed by atoms with Crippen molar-refractivity contribution < 1.29 is 14.6 Å². The average molecular weight is 315 g/mol. The fraction of sp³-hybridized carbons (Fsp3) is 0.0833. The molecule has 104 valence electrons. The highest BCUT2D eigenvalue weighted by Crippen LogP contribution is 2.33. The van der Waals surface area contributed by atoms with Gasteiger partial charge in [0, 0.05) is 0 Å². The maximum Gasteiger partial charge on any atom is 0.338 e. The second-order valence-corrected chi connectivity index (χ2v) is 4.72. The van der Waals surface area contributed by atoms with Gasteiger partial charge in [-0.25, -0.2) is 0 Å². The van der Waals surface area contributed by atoms with Crippen LogP contribution in [0.15, 0.2) is 16.7 Å². The fourth-order valence-corrected chi connectivity index (χ4v) is 2.07. The number of hydrogen-bond donors (Lipinski definition) is 1. The Labute approximate surface area is 123 Å². The van der Waals surface area contributed by atoms with Crippen molar-refractivity contribution in [2.75, 3.05) is 0 Å². The molecule has 0 unspecified atom stereocenters. The van der Waals surface area contributed by atoms with Crippen LogP contribution < -0.4 is 0 Å². The lowest BCUT2D eigenvalue weighted by atomic mass is 10.2. The van der Waals surface area contributed by atoms with Gasteiger partial charge in [0.25, 0.3) is 0 Å². The summed E-state index contributed by atoms with van der Waals surface area (Å²) in [6.07, 6.45) is 2.90. The molecule has 2 aromatic rings. The van der Waals surface area contributed by atoms with Gasteiger partial charge in [0.15, 0.2) is 11.4 Å². The van der Waals surface area contributed by atoms with Crippen LogP contribution >= 0.6 is 23.2 Å². The molecule has 0 aliphatic heterocycles. The van der Waals surface area contributed by atoms with Crippen molar-refractivity contribution in [1.82, 2.24) is 5.16 Å². The molecule has 0 atom stereocenters. The Morgan fingerprint density at radius 1 is 1.35 bits per heavy atom. The fourth-order valence-electron chi connectivity index (χ4n) is 1.57. The minimum Gasteiger partial charge on any atom is -0.505 e. The Kier molecular flexibility index (Phi) is 3.96. The molecule has 1 heterocycles. The second-order valence-electron chi connectivity index (χ2n) is 3.90. The number of halogens is 2. The number of phenols is 1. The summed E-state index contributed by atoms with van der Waals surface area (Å²) >= 11 is 11.5. The van der Waals surface area contributed by atoms with E-state index in [0.717, 1.165) is 0 Å². The maximum atomic E-state index is 10.9. The zero-order valence-corrected chi connectivity index (χ0v) is 11.6. The van der Waals surface area contributed by atoms with Crippen LogP contribution in [0, 0.1) is 17.0 Å². The molecular formula is C12H8Cl2N2O4. The molecule has 0 bridgehead atoms. The summed E-state index contributed by atoms with van der Waals surface area (Å²) in [6, 6.07) is 2.93. The molecule has 0 radical (unpaired) electrons. The molecule has 1 N–H and O–H groups in total. The largest absolute Gasteiger partial charge is 0.505 e. The first-order chi connectivity index (χ1) is 9.40. The quantitative estimate of drug-likeness (QED) is 0.681. The number of nitrogens with zero attached hydrogens (tertiary/aromatic N) is 2. The lowest BCUT2D eigenvalue weighted by molar-refractivity contribution is -0.386. The van der Waals surface area contributed by atoms with E-state index in [9.17, 15) is 15.2 Å². The van der Waals surface area contributed by atoms with E-state index in [1.54, 1.807) is 0 Å². The zero-order chi connectivity index (χ0) is 14.9. The minimum absolute atomic E-state index is 0.0211. The van der Waals surface area contributed by atoms with E-state index in [2.05, 4.69) is 5.16 Å². The molecule has 2 rings (SSSR count). The molecule has 0 amide bonds. The monoisotopic (exact) mass is 314 g/mol. The SMILES string of the molecule is Cc1noc(/C=C/c2cc(Cl)c(O)c(Cl)c2)c1[N+](=O)[O-]. The third-order valence-corrected chi connectivity index (χ3v) is 3.08. The van der Waals surface area contributed by atoms with Gasteiger partial charge < -0.3 is 9.63 Å². The minimum atomic E-state index is -0.567. The number of aryl methyl sites for hydroxylation is 1. The normalized spacial score (nSPS) is 11.2. The Morgan fingerprint density at radius 2 is 1.95 bits per heavy atom. The van der Waals surface area contributed by atoms with Gasteiger partial charge in [-0.1, -0.05) is 34.4 Å². The number of benzene rings is 1. The highest BCUT2D eigenvalue weighted by atomic mass is 35.5. The van der Waals surface area contributed by atoms with Gasteiger partial charge in [-0.15, -0.1) is 0 Å². The first-order valence-corrected chi connectivity index (χ1v) is 6.12. The van der Waals surface area contributed by atoms with Crippen molar-refractivity contribution in [3.8, 4) is 5.75 Å². The van der Waals surface area contributed by atoms with Crippen LogP contribution in [0.2, 0.25) is 10.0 Å². The van der Waals surface area contributed by atoms with Gasteiger partial charge in [0.05, 0.1) is 15.0 Å². The summed E-state index contributed by atoms with van der Waals surface area (Å²) in [6.45, 7) is 1.48. The second kappa shape index (κ2) is 5.52. The van der Waals surface area contributed by atoms with E-state index in [-0.39, 0.29) is 32.9 Å². The highest BCUT2D eigenvalue weighted by molar-refractivity contribution is 6.37. The summed E-state index contributed by atoms with van der Waals surface area (Å²) in [5.74, 6) is -0.195. The average Bonchev–Trinajstić information content (AvgIpc) is 2.74. The number of hydrogen-bond acceptors (Lipinski definition) is 5. The molecule has 0 fully saturated rings. The number of nitro groups is 1. The molecule has 6 nitrogen and oxygen atoms in total.